The highest BCUT2D eigenvalue weighted by Gasteiger charge is 2.28. The maximum Gasteiger partial charge on any atom is 0.255 e. The predicted molar refractivity (Wildman–Crippen MR) is 161 cm³/mol. The summed E-state index contributed by atoms with van der Waals surface area (Å²) in [6, 6.07) is 5.24. The lowest BCUT2D eigenvalue weighted by Gasteiger charge is -2.39. The second-order valence-electron chi connectivity index (χ2n) is 11.9. The van der Waals surface area contributed by atoms with E-state index in [4.69, 9.17) is 9.47 Å². The number of nitrogens with one attached hydrogen (secondary N) is 3. The average molecular weight is 573 g/mol. The van der Waals surface area contributed by atoms with Gasteiger partial charge in [-0.05, 0) is 69.1 Å². The lowest BCUT2D eigenvalue weighted by molar-refractivity contribution is 0.00791. The van der Waals surface area contributed by atoms with Gasteiger partial charge in [0, 0.05) is 56.3 Å². The van der Waals surface area contributed by atoms with Crippen LogP contribution in [0.2, 0.25) is 0 Å². The van der Waals surface area contributed by atoms with Crippen molar-refractivity contribution < 1.29 is 14.3 Å². The zero-order valence-electron chi connectivity index (χ0n) is 24.2. The lowest BCUT2D eigenvalue weighted by Crippen LogP contribution is -2.46. The number of pyridine rings is 1. The number of anilines is 1. The molecule has 42 heavy (non-hydrogen) atoms. The first-order valence-electron chi connectivity index (χ1n) is 15.4. The maximum absolute atomic E-state index is 13.3. The number of morpholine rings is 1. The Bertz CT molecular complexity index is 1530. The lowest BCUT2D eigenvalue weighted by atomic mass is 9.90. The van der Waals surface area contributed by atoms with Crippen LogP contribution in [0.3, 0.4) is 0 Å². The number of hydrogen-bond donors (Lipinski definition) is 3. The first-order valence-corrected chi connectivity index (χ1v) is 15.4. The summed E-state index contributed by atoms with van der Waals surface area (Å²) in [5, 5.41) is 12.4. The normalized spacial score (nSPS) is 25.5. The highest BCUT2D eigenvalue weighted by Crippen LogP contribution is 2.35. The van der Waals surface area contributed by atoms with Crippen LogP contribution in [0.4, 0.5) is 5.82 Å². The molecule has 222 valence electrons. The number of H-pyrrole nitrogens is 1. The molecule has 0 unspecified atom stereocenters. The van der Waals surface area contributed by atoms with Gasteiger partial charge in [0.15, 0.2) is 0 Å². The van der Waals surface area contributed by atoms with Gasteiger partial charge in [-0.25, -0.2) is 14.5 Å². The van der Waals surface area contributed by atoms with Crippen LogP contribution < -0.4 is 10.6 Å². The number of aromatic nitrogens is 5. The van der Waals surface area contributed by atoms with Crippen molar-refractivity contribution in [3.8, 4) is 11.1 Å². The van der Waals surface area contributed by atoms with Crippen LogP contribution in [0.15, 0.2) is 37.1 Å². The molecule has 0 bridgehead atoms. The molecule has 1 saturated heterocycles. The molecule has 0 radical (unpaired) electrons. The highest BCUT2D eigenvalue weighted by atomic mass is 16.5. The molecular weight excluding hydrogens is 532 g/mol. The number of hydrogen-bond acceptors (Lipinski definition) is 8. The van der Waals surface area contributed by atoms with E-state index in [-0.39, 0.29) is 11.9 Å². The zero-order chi connectivity index (χ0) is 28.5. The van der Waals surface area contributed by atoms with Gasteiger partial charge in [0.2, 0.25) is 0 Å². The van der Waals surface area contributed by atoms with E-state index in [9.17, 15) is 4.79 Å². The van der Waals surface area contributed by atoms with Crippen LogP contribution in [0.1, 0.15) is 61.7 Å². The van der Waals surface area contributed by atoms with Crippen molar-refractivity contribution in [3.05, 3.63) is 42.6 Å². The minimum absolute atomic E-state index is 0.0830. The molecule has 4 aromatic heterocycles. The number of carbonyl (C=O) groups excluding carboxylic acids is 1. The molecule has 7 rings (SSSR count). The highest BCUT2D eigenvalue weighted by molar-refractivity contribution is 6.04. The molecule has 5 heterocycles. The van der Waals surface area contributed by atoms with Crippen molar-refractivity contribution in [3.63, 3.8) is 0 Å². The summed E-state index contributed by atoms with van der Waals surface area (Å²) in [6.45, 7) is 3.78. The molecule has 1 aliphatic heterocycles. The molecule has 2 aliphatic carbocycles. The molecule has 0 aromatic carbocycles. The van der Waals surface area contributed by atoms with Gasteiger partial charge in [0.1, 0.15) is 17.8 Å². The molecule has 2 saturated carbocycles. The van der Waals surface area contributed by atoms with E-state index in [1.54, 1.807) is 24.1 Å². The molecule has 11 heteroatoms. The van der Waals surface area contributed by atoms with Crippen LogP contribution in [0.25, 0.3) is 27.7 Å². The average Bonchev–Trinajstić information content (AvgIpc) is 3.67. The quantitative estimate of drug-likeness (QED) is 0.304. The van der Waals surface area contributed by atoms with E-state index in [1.165, 1.54) is 12.8 Å². The van der Waals surface area contributed by atoms with Crippen molar-refractivity contribution in [2.24, 2.45) is 0 Å². The second kappa shape index (κ2) is 12.0. The van der Waals surface area contributed by atoms with E-state index < -0.39 is 0 Å². The molecule has 1 amide bonds. The summed E-state index contributed by atoms with van der Waals surface area (Å²) in [5.41, 5.74) is 4.14. The van der Waals surface area contributed by atoms with Gasteiger partial charge < -0.3 is 25.1 Å². The summed E-state index contributed by atoms with van der Waals surface area (Å²) >= 11 is 0. The monoisotopic (exact) mass is 572 g/mol. The molecule has 4 aromatic rings. The number of nitrogens with zero attached hydrogens (tertiary/aromatic N) is 5. The van der Waals surface area contributed by atoms with Crippen molar-refractivity contribution in [2.45, 2.75) is 75.6 Å². The number of aromatic amines is 1. The van der Waals surface area contributed by atoms with Crippen LogP contribution in [0, 0.1) is 0 Å². The van der Waals surface area contributed by atoms with Crippen molar-refractivity contribution >= 4 is 28.3 Å². The third-order valence-electron chi connectivity index (χ3n) is 9.49. The molecule has 11 nitrogen and oxygen atoms in total. The molecular formula is C31H40N8O3. The fourth-order valence-electron chi connectivity index (χ4n) is 7.05. The Kier molecular flexibility index (Phi) is 7.79. The van der Waals surface area contributed by atoms with Crippen LogP contribution >= 0.6 is 0 Å². The number of methoxy groups -OCH3 is 1. The van der Waals surface area contributed by atoms with Crippen molar-refractivity contribution in [1.29, 1.82) is 0 Å². The molecule has 0 atom stereocenters. The summed E-state index contributed by atoms with van der Waals surface area (Å²) in [5.74, 6) is 0.768. The Morgan fingerprint density at radius 3 is 2.62 bits per heavy atom. The fraction of sp³-hybridized carbons (Fsp3) is 0.548. The SMILES string of the molecule is COC1CCC(NC(=O)c2cnn3ccc(-c4c[nH]c5ncnc(N[C@H]6CC[C@H](N7CCOCC7)CC6)c45)cc23)CC1. The van der Waals surface area contributed by atoms with E-state index in [1.807, 2.05) is 24.5 Å². The van der Waals surface area contributed by atoms with Crippen LogP contribution in [-0.4, -0.2) is 93.0 Å². The number of fused-ring (bicyclic) bond motifs is 2. The van der Waals surface area contributed by atoms with Crippen molar-refractivity contribution in [2.75, 3.05) is 38.7 Å². The minimum atomic E-state index is -0.0830. The smallest absolute Gasteiger partial charge is 0.255 e. The van der Waals surface area contributed by atoms with E-state index >= 15 is 0 Å². The Morgan fingerprint density at radius 1 is 1.05 bits per heavy atom. The first kappa shape index (κ1) is 27.3. The fourth-order valence-corrected chi connectivity index (χ4v) is 7.05. The van der Waals surface area contributed by atoms with Crippen molar-refractivity contribution in [1.82, 2.24) is 34.8 Å². The van der Waals surface area contributed by atoms with E-state index in [0.717, 1.165) is 98.3 Å². The first-order chi connectivity index (χ1) is 20.7. The van der Waals surface area contributed by atoms with Crippen LogP contribution in [0.5, 0.6) is 0 Å². The molecule has 3 N–H and O–H groups in total. The number of ether oxygens (including phenoxy) is 2. The molecule has 3 fully saturated rings. The van der Waals surface area contributed by atoms with Crippen LogP contribution in [-0.2, 0) is 9.47 Å². The number of rotatable bonds is 7. The Labute approximate surface area is 245 Å². The number of carbonyl (C=O) groups is 1. The molecule has 0 spiro atoms. The second-order valence-corrected chi connectivity index (χ2v) is 11.9. The van der Waals surface area contributed by atoms with Gasteiger partial charge in [-0.3, -0.25) is 9.69 Å². The third kappa shape index (κ3) is 5.48. The summed E-state index contributed by atoms with van der Waals surface area (Å²) in [4.78, 5) is 28.4. The van der Waals surface area contributed by atoms with Gasteiger partial charge in [0.25, 0.3) is 5.91 Å². The summed E-state index contributed by atoms with van der Waals surface area (Å²) in [6.07, 6.45) is 15.8. The largest absolute Gasteiger partial charge is 0.381 e. The number of amides is 1. The van der Waals surface area contributed by atoms with Gasteiger partial charge in [-0.2, -0.15) is 5.10 Å². The van der Waals surface area contributed by atoms with Gasteiger partial charge in [-0.15, -0.1) is 0 Å². The predicted octanol–water partition coefficient (Wildman–Crippen LogP) is 4.02. The standard InChI is InChI=1S/C31H40N8O3/c1-41-24-8-4-22(5-9-24)37-31(40)26-18-35-39-11-10-20(16-27(26)39)25-17-32-29-28(25)30(34-19-33-29)36-21-2-6-23(7-3-21)38-12-14-42-15-13-38/h10-11,16-19,21-24H,2-9,12-15H2,1H3,(H,37,40)(H2,32,33,34,36)/t21-,22?,23-,24?. The van der Waals surface area contributed by atoms with Gasteiger partial charge in [0.05, 0.1) is 42.0 Å². The Morgan fingerprint density at radius 2 is 1.83 bits per heavy atom. The third-order valence-corrected chi connectivity index (χ3v) is 9.49. The van der Waals surface area contributed by atoms with E-state index in [0.29, 0.717) is 23.8 Å². The summed E-state index contributed by atoms with van der Waals surface area (Å²) < 4.78 is 12.8. The minimum Gasteiger partial charge on any atom is -0.381 e. The van der Waals surface area contributed by atoms with Gasteiger partial charge in [-0.1, -0.05) is 0 Å². The van der Waals surface area contributed by atoms with E-state index in [2.05, 4.69) is 35.6 Å². The Balaban J connectivity index is 1.10. The van der Waals surface area contributed by atoms with Gasteiger partial charge >= 0.3 is 0 Å². The Hall–Kier alpha value is -3.54. The maximum atomic E-state index is 13.3. The zero-order valence-corrected chi connectivity index (χ0v) is 24.2. The molecule has 3 aliphatic rings. The summed E-state index contributed by atoms with van der Waals surface area (Å²) in [7, 11) is 1.76. The topological polar surface area (TPSA) is 122 Å².